The van der Waals surface area contributed by atoms with E-state index in [2.05, 4.69) is 99.0 Å². The highest BCUT2D eigenvalue weighted by atomic mass is 31.2. The first-order valence-electron chi connectivity index (χ1n) is 29.9. The van der Waals surface area contributed by atoms with Crippen molar-refractivity contribution in [2.45, 2.75) is 264 Å². The van der Waals surface area contributed by atoms with Gasteiger partial charge >= 0.3 is 13.8 Å². The molecule has 0 aliphatic carbocycles. The molecular formula is C63H114N2O7P+. The highest BCUT2D eigenvalue weighted by Crippen LogP contribution is 2.43. The van der Waals surface area contributed by atoms with Gasteiger partial charge in [0.25, 0.3) is 0 Å². The largest absolute Gasteiger partial charge is 0.472 e. The number of hydrogen-bond donors (Lipinski definition) is 2. The molecule has 0 radical (unpaired) electrons. The molecule has 422 valence electrons. The van der Waals surface area contributed by atoms with Crippen LogP contribution in [0, 0.1) is 0 Å². The standard InChI is InChI=1S/C63H113N2O7P/c1-7-10-13-16-19-22-25-28-30-32-34-37-40-43-46-49-52-55-62(66)64-60(59-71-73(68,69)70-58-57-65(4,5)6)61(54-51-48-45-42-39-36-27-24-21-18-15-12-9-3)72-63(67)56-53-50-47-44-41-38-35-33-31-29-26-23-20-17-14-11-8-2/h19-20,22-23,28-31,34-35,37-38,51,54,60-61H,7-18,21,24-27,32-33,36,39-50,52-53,55-59H2,1-6H3,(H-,64,66,68,69)/p+1/b22-19-,23-20-,30-28-,31-29-,37-34-,38-35-,54-51+. The number of hydrogen-bond acceptors (Lipinski definition) is 6. The molecular weight excluding hydrogens is 928 g/mol. The molecule has 0 heterocycles. The van der Waals surface area contributed by atoms with Gasteiger partial charge in [-0.3, -0.25) is 18.6 Å². The van der Waals surface area contributed by atoms with Gasteiger partial charge in [-0.15, -0.1) is 0 Å². The van der Waals surface area contributed by atoms with Crippen LogP contribution in [-0.2, 0) is 27.9 Å². The lowest BCUT2D eigenvalue weighted by Crippen LogP contribution is -2.47. The lowest BCUT2D eigenvalue weighted by molar-refractivity contribution is -0.870. The first-order chi connectivity index (χ1) is 35.4. The SMILES string of the molecule is CCCCC/C=C\C/C=C\C/C=C\CCCCCCC(=O)NC(COP(=O)(O)OCC[N+](C)(C)C)C(/C=C/CCCCCCCCCCCCC)OC(=O)CCCCCC/C=C\C/C=C\C/C=C\CCCCC. The van der Waals surface area contributed by atoms with Gasteiger partial charge in [0.15, 0.2) is 0 Å². The first kappa shape index (κ1) is 70.2. The summed E-state index contributed by atoms with van der Waals surface area (Å²) in [5.74, 6) is -0.558. The van der Waals surface area contributed by atoms with Crippen molar-refractivity contribution < 1.29 is 37.3 Å². The summed E-state index contributed by atoms with van der Waals surface area (Å²) < 4.78 is 30.6. The molecule has 0 aromatic rings. The molecule has 0 aromatic heterocycles. The number of carbonyl (C=O) groups excluding carboxylic acids is 2. The second-order valence-electron chi connectivity index (χ2n) is 21.2. The molecule has 1 amide bonds. The van der Waals surface area contributed by atoms with Crippen LogP contribution in [0.5, 0.6) is 0 Å². The number of likely N-dealkylation sites (N-methyl/N-ethyl adjacent to an activating group) is 1. The van der Waals surface area contributed by atoms with Crippen molar-refractivity contribution in [2.24, 2.45) is 0 Å². The average molecular weight is 1040 g/mol. The summed E-state index contributed by atoms with van der Waals surface area (Å²) in [5, 5.41) is 3.03. The minimum absolute atomic E-state index is 0.0283. The molecule has 9 nitrogen and oxygen atoms in total. The molecule has 0 saturated heterocycles. The lowest BCUT2D eigenvalue weighted by Gasteiger charge is -2.27. The van der Waals surface area contributed by atoms with E-state index in [1.807, 2.05) is 33.3 Å². The van der Waals surface area contributed by atoms with Crippen molar-refractivity contribution in [1.82, 2.24) is 5.32 Å². The molecule has 0 aromatic carbocycles. The number of rotatable bonds is 53. The Labute approximate surface area is 450 Å². The summed E-state index contributed by atoms with van der Waals surface area (Å²) in [4.78, 5) is 37.6. The smallest absolute Gasteiger partial charge is 0.456 e. The third-order valence-corrected chi connectivity index (χ3v) is 13.8. The van der Waals surface area contributed by atoms with E-state index in [1.54, 1.807) is 0 Å². The molecule has 73 heavy (non-hydrogen) atoms. The van der Waals surface area contributed by atoms with Gasteiger partial charge in [0.05, 0.1) is 33.8 Å². The Kier molecular flexibility index (Phi) is 50.6. The monoisotopic (exact) mass is 1040 g/mol. The molecule has 0 aliphatic heterocycles. The van der Waals surface area contributed by atoms with Crippen LogP contribution in [0.2, 0.25) is 0 Å². The van der Waals surface area contributed by atoms with E-state index in [9.17, 15) is 19.0 Å². The van der Waals surface area contributed by atoms with E-state index < -0.39 is 20.0 Å². The van der Waals surface area contributed by atoms with Crippen molar-refractivity contribution in [3.8, 4) is 0 Å². The lowest BCUT2D eigenvalue weighted by atomic mass is 10.0. The zero-order chi connectivity index (χ0) is 53.6. The Bertz CT molecular complexity index is 1530. The highest BCUT2D eigenvalue weighted by Gasteiger charge is 2.30. The number of carbonyl (C=O) groups is 2. The summed E-state index contributed by atoms with van der Waals surface area (Å²) in [7, 11) is 1.46. The summed E-state index contributed by atoms with van der Waals surface area (Å²) in [6.45, 7) is 6.92. The molecule has 10 heteroatoms. The van der Waals surface area contributed by atoms with Crippen LogP contribution in [0.15, 0.2) is 85.1 Å². The predicted octanol–water partition coefficient (Wildman–Crippen LogP) is 18.2. The summed E-state index contributed by atoms with van der Waals surface area (Å²) in [5.41, 5.74) is 0. The number of amides is 1. The van der Waals surface area contributed by atoms with Crippen LogP contribution in [-0.4, -0.2) is 74.3 Å². The van der Waals surface area contributed by atoms with E-state index in [4.69, 9.17) is 13.8 Å². The number of phosphoric ester groups is 1. The Hall–Kier alpha value is -2.81. The van der Waals surface area contributed by atoms with Crippen molar-refractivity contribution >= 4 is 19.7 Å². The second-order valence-corrected chi connectivity index (χ2v) is 22.6. The fraction of sp³-hybridized carbons (Fsp3) is 0.746. The van der Waals surface area contributed by atoms with Gasteiger partial charge in [0, 0.05) is 12.8 Å². The summed E-state index contributed by atoms with van der Waals surface area (Å²) in [6, 6.07) is -0.873. The van der Waals surface area contributed by atoms with Crippen molar-refractivity contribution in [2.75, 3.05) is 40.9 Å². The number of esters is 1. The maximum Gasteiger partial charge on any atom is 0.472 e. The number of nitrogens with zero attached hydrogens (tertiary/aromatic N) is 1. The van der Waals surface area contributed by atoms with E-state index in [0.717, 1.165) is 96.3 Å². The summed E-state index contributed by atoms with van der Waals surface area (Å²) in [6.07, 6.45) is 68.5. The van der Waals surface area contributed by atoms with Gasteiger partial charge in [-0.1, -0.05) is 215 Å². The van der Waals surface area contributed by atoms with Crippen molar-refractivity contribution in [3.05, 3.63) is 85.1 Å². The molecule has 0 saturated carbocycles. The molecule has 0 rings (SSSR count). The number of quaternary nitrogens is 1. The highest BCUT2D eigenvalue weighted by molar-refractivity contribution is 7.47. The van der Waals surface area contributed by atoms with Crippen LogP contribution >= 0.6 is 7.82 Å². The molecule has 0 spiro atoms. The number of nitrogens with one attached hydrogen (secondary N) is 1. The van der Waals surface area contributed by atoms with Crippen LogP contribution in [0.1, 0.15) is 252 Å². The minimum Gasteiger partial charge on any atom is -0.456 e. The Morgan fingerprint density at radius 1 is 0.479 bits per heavy atom. The van der Waals surface area contributed by atoms with Gasteiger partial charge in [-0.25, -0.2) is 4.57 Å². The number of phosphoric acid groups is 1. The van der Waals surface area contributed by atoms with Crippen LogP contribution in [0.4, 0.5) is 0 Å². The predicted molar refractivity (Wildman–Crippen MR) is 314 cm³/mol. The normalized spacial score (nSPS) is 14.3. The second kappa shape index (κ2) is 52.6. The third kappa shape index (κ3) is 53.8. The van der Waals surface area contributed by atoms with E-state index in [-0.39, 0.29) is 31.5 Å². The maximum absolute atomic E-state index is 13.5. The van der Waals surface area contributed by atoms with Gasteiger partial charge in [0.1, 0.15) is 19.3 Å². The number of allylic oxidation sites excluding steroid dienone is 13. The van der Waals surface area contributed by atoms with E-state index in [1.165, 1.54) is 109 Å². The Balaban J connectivity index is 5.43. The molecule has 0 bridgehead atoms. The van der Waals surface area contributed by atoms with E-state index >= 15 is 0 Å². The zero-order valence-electron chi connectivity index (χ0n) is 48.1. The van der Waals surface area contributed by atoms with Crippen LogP contribution < -0.4 is 5.32 Å². The van der Waals surface area contributed by atoms with Crippen LogP contribution in [0.25, 0.3) is 0 Å². The van der Waals surface area contributed by atoms with Crippen molar-refractivity contribution in [1.29, 1.82) is 0 Å². The van der Waals surface area contributed by atoms with E-state index in [0.29, 0.717) is 30.3 Å². The van der Waals surface area contributed by atoms with Gasteiger partial charge in [0.2, 0.25) is 5.91 Å². The average Bonchev–Trinajstić information content (AvgIpc) is 3.35. The fourth-order valence-corrected chi connectivity index (χ4v) is 8.86. The topological polar surface area (TPSA) is 111 Å². The quantitative estimate of drug-likeness (QED) is 0.0205. The number of ether oxygens (including phenoxy) is 1. The third-order valence-electron chi connectivity index (χ3n) is 12.8. The first-order valence-corrected chi connectivity index (χ1v) is 31.4. The molecule has 0 aliphatic rings. The zero-order valence-corrected chi connectivity index (χ0v) is 49.0. The fourth-order valence-electron chi connectivity index (χ4n) is 8.13. The molecule has 3 unspecified atom stereocenters. The Morgan fingerprint density at radius 2 is 0.836 bits per heavy atom. The summed E-state index contributed by atoms with van der Waals surface area (Å²) >= 11 is 0. The van der Waals surface area contributed by atoms with Gasteiger partial charge in [-0.05, 0) is 109 Å². The minimum atomic E-state index is -4.46. The molecule has 3 atom stereocenters. The maximum atomic E-state index is 13.5. The van der Waals surface area contributed by atoms with Gasteiger partial charge < -0.3 is 19.4 Å². The molecule has 0 fully saturated rings. The molecule has 2 N–H and O–H groups in total. The van der Waals surface area contributed by atoms with Crippen molar-refractivity contribution in [3.63, 3.8) is 0 Å². The van der Waals surface area contributed by atoms with Gasteiger partial charge in [-0.2, -0.15) is 0 Å². The Morgan fingerprint density at radius 3 is 1.27 bits per heavy atom. The van der Waals surface area contributed by atoms with Crippen LogP contribution in [0.3, 0.4) is 0 Å². The number of unbranched alkanes of at least 4 members (excludes halogenated alkanes) is 25.